The number of piperidine rings is 1. The minimum Gasteiger partial charge on any atom is -0.493 e. The maximum atomic E-state index is 5.54. The summed E-state index contributed by atoms with van der Waals surface area (Å²) < 4.78 is 10.9. The predicted molar refractivity (Wildman–Crippen MR) is 96.6 cm³/mol. The first-order chi connectivity index (χ1) is 11.8. The number of ether oxygens (including phenoxy) is 2. The maximum Gasteiger partial charge on any atom is 0.165 e. The van der Waals surface area contributed by atoms with Crippen molar-refractivity contribution in [2.45, 2.75) is 31.5 Å². The zero-order valence-electron chi connectivity index (χ0n) is 14.4. The molecule has 0 bridgehead atoms. The number of benzene rings is 2. The summed E-state index contributed by atoms with van der Waals surface area (Å²) in [6.07, 6.45) is 2.36. The van der Waals surface area contributed by atoms with Crippen molar-refractivity contribution in [3.05, 3.63) is 59.7 Å². The number of rotatable bonds is 6. The lowest BCUT2D eigenvalue weighted by Gasteiger charge is -2.34. The molecule has 24 heavy (non-hydrogen) atoms. The van der Waals surface area contributed by atoms with Crippen LogP contribution in [0.4, 0.5) is 0 Å². The van der Waals surface area contributed by atoms with Crippen molar-refractivity contribution in [3.8, 4) is 11.5 Å². The lowest BCUT2D eigenvalue weighted by atomic mass is 9.92. The van der Waals surface area contributed by atoms with E-state index in [-0.39, 0.29) is 0 Å². The van der Waals surface area contributed by atoms with Gasteiger partial charge in [0.2, 0.25) is 0 Å². The van der Waals surface area contributed by atoms with Gasteiger partial charge in [-0.2, -0.15) is 0 Å². The van der Waals surface area contributed by atoms with Crippen molar-refractivity contribution in [1.82, 2.24) is 10.6 Å². The van der Waals surface area contributed by atoms with Crippen molar-refractivity contribution >= 4 is 0 Å². The van der Waals surface area contributed by atoms with Gasteiger partial charge in [0.25, 0.3) is 0 Å². The Morgan fingerprint density at radius 1 is 1.04 bits per heavy atom. The molecular weight excluding hydrogens is 300 g/mol. The molecule has 4 heteroatoms. The molecule has 2 N–H and O–H groups in total. The number of hydrogen-bond acceptors (Lipinski definition) is 4. The van der Waals surface area contributed by atoms with Gasteiger partial charge in [-0.1, -0.05) is 42.5 Å². The van der Waals surface area contributed by atoms with Gasteiger partial charge in [0.05, 0.1) is 14.2 Å². The molecule has 0 unspecified atom stereocenters. The topological polar surface area (TPSA) is 42.5 Å². The number of para-hydroxylation sites is 1. The molecule has 1 saturated heterocycles. The fourth-order valence-electron chi connectivity index (χ4n) is 3.45. The predicted octanol–water partition coefficient (Wildman–Crippen LogP) is 3.29. The highest BCUT2D eigenvalue weighted by atomic mass is 16.5. The van der Waals surface area contributed by atoms with Crippen LogP contribution in [0, 0.1) is 0 Å². The van der Waals surface area contributed by atoms with Gasteiger partial charge in [0.1, 0.15) is 0 Å². The standard InChI is InChI=1S/C20H26N2O2/c1-23-18-12-6-10-16(20(18)24-2)14-22-17-11-7-13-21-19(17)15-8-4-3-5-9-15/h3-6,8-10,12,17,19,21-22H,7,11,13-14H2,1-2H3/t17-,19-/m1/s1. The van der Waals surface area contributed by atoms with Gasteiger partial charge in [-0.25, -0.2) is 0 Å². The second-order valence-corrected chi connectivity index (χ2v) is 6.12. The van der Waals surface area contributed by atoms with Crippen molar-refractivity contribution in [2.24, 2.45) is 0 Å². The Bertz CT molecular complexity index is 645. The molecule has 1 fully saturated rings. The van der Waals surface area contributed by atoms with E-state index in [0.29, 0.717) is 12.1 Å². The molecule has 0 radical (unpaired) electrons. The van der Waals surface area contributed by atoms with Crippen LogP contribution < -0.4 is 20.1 Å². The molecule has 128 valence electrons. The zero-order chi connectivity index (χ0) is 16.8. The Labute approximate surface area is 144 Å². The van der Waals surface area contributed by atoms with E-state index in [0.717, 1.165) is 30.2 Å². The Balaban J connectivity index is 1.73. The van der Waals surface area contributed by atoms with Gasteiger partial charge in [-0.15, -0.1) is 0 Å². The van der Waals surface area contributed by atoms with E-state index >= 15 is 0 Å². The quantitative estimate of drug-likeness (QED) is 0.855. The summed E-state index contributed by atoms with van der Waals surface area (Å²) in [5.41, 5.74) is 2.46. The zero-order valence-corrected chi connectivity index (χ0v) is 14.4. The van der Waals surface area contributed by atoms with Crippen LogP contribution in [-0.4, -0.2) is 26.8 Å². The molecule has 0 aromatic heterocycles. The maximum absolute atomic E-state index is 5.54. The Kier molecular flexibility index (Phi) is 5.72. The van der Waals surface area contributed by atoms with E-state index in [1.807, 2.05) is 12.1 Å². The first kappa shape index (κ1) is 16.8. The van der Waals surface area contributed by atoms with Crippen molar-refractivity contribution in [3.63, 3.8) is 0 Å². The van der Waals surface area contributed by atoms with Crippen molar-refractivity contribution in [1.29, 1.82) is 0 Å². The van der Waals surface area contributed by atoms with Gasteiger partial charge >= 0.3 is 0 Å². The van der Waals surface area contributed by atoms with Gasteiger partial charge < -0.3 is 20.1 Å². The largest absolute Gasteiger partial charge is 0.493 e. The second-order valence-electron chi connectivity index (χ2n) is 6.12. The minimum atomic E-state index is 0.344. The molecule has 4 nitrogen and oxygen atoms in total. The molecule has 0 spiro atoms. The van der Waals surface area contributed by atoms with E-state index in [1.165, 1.54) is 18.4 Å². The second kappa shape index (κ2) is 8.18. The normalized spacial score (nSPS) is 20.6. The summed E-state index contributed by atoms with van der Waals surface area (Å²) in [4.78, 5) is 0. The minimum absolute atomic E-state index is 0.344. The third-order valence-corrected chi connectivity index (χ3v) is 4.66. The fourth-order valence-corrected chi connectivity index (χ4v) is 3.45. The molecule has 0 saturated carbocycles. The first-order valence-corrected chi connectivity index (χ1v) is 8.55. The molecule has 2 atom stereocenters. The molecule has 1 aliphatic heterocycles. The van der Waals surface area contributed by atoms with E-state index < -0.39 is 0 Å². The Morgan fingerprint density at radius 3 is 2.62 bits per heavy atom. The lowest BCUT2D eigenvalue weighted by molar-refractivity contribution is 0.301. The van der Waals surface area contributed by atoms with Crippen LogP contribution in [0.1, 0.15) is 30.0 Å². The van der Waals surface area contributed by atoms with Crippen LogP contribution in [0.15, 0.2) is 48.5 Å². The van der Waals surface area contributed by atoms with Crippen LogP contribution in [0.2, 0.25) is 0 Å². The highest BCUT2D eigenvalue weighted by Gasteiger charge is 2.25. The average molecular weight is 326 g/mol. The smallest absolute Gasteiger partial charge is 0.165 e. The molecule has 1 aliphatic rings. The Morgan fingerprint density at radius 2 is 1.88 bits per heavy atom. The molecule has 3 rings (SSSR count). The molecule has 0 aliphatic carbocycles. The molecule has 0 amide bonds. The van der Waals surface area contributed by atoms with Crippen LogP contribution in [0.5, 0.6) is 11.5 Å². The summed E-state index contributed by atoms with van der Waals surface area (Å²) in [7, 11) is 3.36. The average Bonchev–Trinajstić information content (AvgIpc) is 2.66. The van der Waals surface area contributed by atoms with Gasteiger partial charge in [0, 0.05) is 24.2 Å². The summed E-state index contributed by atoms with van der Waals surface area (Å²) in [6, 6.07) is 17.4. The van der Waals surface area contributed by atoms with Crippen molar-refractivity contribution in [2.75, 3.05) is 20.8 Å². The number of nitrogens with one attached hydrogen (secondary N) is 2. The number of hydrogen-bond donors (Lipinski definition) is 2. The number of methoxy groups -OCH3 is 2. The summed E-state index contributed by atoms with van der Waals surface area (Å²) in [5, 5.41) is 7.37. The van der Waals surface area contributed by atoms with E-state index in [9.17, 15) is 0 Å². The van der Waals surface area contributed by atoms with Crippen LogP contribution in [-0.2, 0) is 6.54 Å². The Hall–Kier alpha value is -2.04. The summed E-state index contributed by atoms with van der Waals surface area (Å²) >= 11 is 0. The van der Waals surface area contributed by atoms with Gasteiger partial charge in [-0.3, -0.25) is 0 Å². The fraction of sp³-hybridized carbons (Fsp3) is 0.400. The van der Waals surface area contributed by atoms with Crippen LogP contribution in [0.3, 0.4) is 0 Å². The molecule has 2 aromatic rings. The van der Waals surface area contributed by atoms with Gasteiger partial charge in [0.15, 0.2) is 11.5 Å². The molecule has 2 aromatic carbocycles. The highest BCUT2D eigenvalue weighted by Crippen LogP contribution is 2.31. The van der Waals surface area contributed by atoms with Gasteiger partial charge in [-0.05, 0) is 31.0 Å². The van der Waals surface area contributed by atoms with Crippen LogP contribution >= 0.6 is 0 Å². The molecule has 1 heterocycles. The van der Waals surface area contributed by atoms with Crippen LogP contribution in [0.25, 0.3) is 0 Å². The summed E-state index contributed by atoms with van der Waals surface area (Å²) in [6.45, 7) is 1.83. The SMILES string of the molecule is COc1cccc(CN[C@@H]2CCCN[C@@H]2c2ccccc2)c1OC. The van der Waals surface area contributed by atoms with E-state index in [1.54, 1.807) is 14.2 Å². The lowest BCUT2D eigenvalue weighted by Crippen LogP contribution is -2.45. The third-order valence-electron chi connectivity index (χ3n) is 4.66. The van der Waals surface area contributed by atoms with Crippen molar-refractivity contribution < 1.29 is 9.47 Å². The van der Waals surface area contributed by atoms with E-state index in [2.05, 4.69) is 47.0 Å². The summed E-state index contributed by atoms with van der Waals surface area (Å²) in [5.74, 6) is 1.59. The molecular formula is C20H26N2O2. The third kappa shape index (κ3) is 3.71. The monoisotopic (exact) mass is 326 g/mol. The highest BCUT2D eigenvalue weighted by molar-refractivity contribution is 5.46. The van der Waals surface area contributed by atoms with E-state index in [4.69, 9.17) is 9.47 Å². The first-order valence-electron chi connectivity index (χ1n) is 8.55.